The molecule has 1 saturated heterocycles. The summed E-state index contributed by atoms with van der Waals surface area (Å²) >= 11 is 3.41. The van der Waals surface area contributed by atoms with Crippen LogP contribution in [0.2, 0.25) is 0 Å². The number of hydrogen-bond acceptors (Lipinski definition) is 4. The molecular formula is C18H14BrFN2O4. The first-order chi connectivity index (χ1) is 12.5. The first-order valence-corrected chi connectivity index (χ1v) is 8.34. The molecular weight excluding hydrogens is 407 g/mol. The van der Waals surface area contributed by atoms with E-state index in [9.17, 15) is 14.0 Å². The molecule has 0 atom stereocenters. The van der Waals surface area contributed by atoms with Crippen LogP contribution < -0.4 is 20.1 Å². The van der Waals surface area contributed by atoms with Gasteiger partial charge in [0, 0.05) is 0 Å². The molecule has 3 amide bonds. The van der Waals surface area contributed by atoms with Gasteiger partial charge in [-0.25, -0.2) is 9.18 Å². The van der Waals surface area contributed by atoms with Gasteiger partial charge in [0.2, 0.25) is 0 Å². The minimum atomic E-state index is -0.567. The normalized spacial score (nSPS) is 15.0. The van der Waals surface area contributed by atoms with Crippen LogP contribution in [0.3, 0.4) is 0 Å². The summed E-state index contributed by atoms with van der Waals surface area (Å²) in [5.41, 5.74) is 1.44. The first kappa shape index (κ1) is 17.9. The zero-order valence-corrected chi connectivity index (χ0v) is 15.2. The fourth-order valence-electron chi connectivity index (χ4n) is 2.39. The van der Waals surface area contributed by atoms with E-state index in [2.05, 4.69) is 26.6 Å². The second-order valence-electron chi connectivity index (χ2n) is 5.42. The summed E-state index contributed by atoms with van der Waals surface area (Å²) in [6.45, 7) is 0.158. The largest absolute Gasteiger partial charge is 0.493 e. The Morgan fingerprint density at radius 3 is 2.65 bits per heavy atom. The van der Waals surface area contributed by atoms with Crippen molar-refractivity contribution in [3.63, 3.8) is 0 Å². The Hall–Kier alpha value is -2.87. The molecule has 3 rings (SSSR count). The summed E-state index contributed by atoms with van der Waals surface area (Å²) in [6, 6.07) is 8.92. The topological polar surface area (TPSA) is 76.7 Å². The van der Waals surface area contributed by atoms with Crippen LogP contribution in [-0.2, 0) is 11.4 Å². The number of hydrogen-bond donors (Lipinski definition) is 2. The van der Waals surface area contributed by atoms with Crippen LogP contribution >= 0.6 is 15.9 Å². The van der Waals surface area contributed by atoms with E-state index >= 15 is 0 Å². The Labute approximate surface area is 157 Å². The van der Waals surface area contributed by atoms with E-state index in [0.29, 0.717) is 27.1 Å². The summed E-state index contributed by atoms with van der Waals surface area (Å²) in [5, 5.41) is 4.54. The third-order valence-corrected chi connectivity index (χ3v) is 4.14. The Morgan fingerprint density at radius 2 is 2.00 bits per heavy atom. The predicted octanol–water partition coefficient (Wildman–Crippen LogP) is 3.36. The van der Waals surface area contributed by atoms with Gasteiger partial charge in [-0.05, 0) is 57.4 Å². The van der Waals surface area contributed by atoms with Gasteiger partial charge in [-0.3, -0.25) is 10.1 Å². The fourth-order valence-corrected chi connectivity index (χ4v) is 2.97. The van der Waals surface area contributed by atoms with Gasteiger partial charge in [0.15, 0.2) is 11.5 Å². The van der Waals surface area contributed by atoms with Crippen molar-refractivity contribution in [3.8, 4) is 11.5 Å². The number of methoxy groups -OCH3 is 1. The number of amides is 3. The van der Waals surface area contributed by atoms with E-state index in [-0.39, 0.29) is 18.1 Å². The Bertz CT molecular complexity index is 914. The molecule has 0 aliphatic carbocycles. The molecule has 6 nitrogen and oxygen atoms in total. The zero-order chi connectivity index (χ0) is 18.7. The summed E-state index contributed by atoms with van der Waals surface area (Å²) in [5.74, 6) is 0.0266. The molecule has 1 fully saturated rings. The van der Waals surface area contributed by atoms with Crippen molar-refractivity contribution >= 4 is 33.9 Å². The van der Waals surface area contributed by atoms with Crippen molar-refractivity contribution < 1.29 is 23.5 Å². The summed E-state index contributed by atoms with van der Waals surface area (Å²) in [4.78, 5) is 22.8. The SMILES string of the molecule is COc1cc(/C=C2/NC(=O)NC2=O)cc(Br)c1OCc1cccc(F)c1. The lowest BCUT2D eigenvalue weighted by Crippen LogP contribution is -2.22. The second-order valence-corrected chi connectivity index (χ2v) is 6.27. The average molecular weight is 421 g/mol. The average Bonchev–Trinajstić information content (AvgIpc) is 2.90. The Kier molecular flexibility index (Phi) is 5.22. The molecule has 1 heterocycles. The minimum absolute atomic E-state index is 0.136. The summed E-state index contributed by atoms with van der Waals surface area (Å²) in [7, 11) is 1.48. The third-order valence-electron chi connectivity index (χ3n) is 3.55. The van der Waals surface area contributed by atoms with Crippen molar-refractivity contribution in [2.45, 2.75) is 6.61 Å². The zero-order valence-electron chi connectivity index (χ0n) is 13.6. The van der Waals surface area contributed by atoms with E-state index in [1.54, 1.807) is 24.3 Å². The smallest absolute Gasteiger partial charge is 0.326 e. The minimum Gasteiger partial charge on any atom is -0.493 e. The van der Waals surface area contributed by atoms with Crippen LogP contribution in [0.25, 0.3) is 6.08 Å². The maximum absolute atomic E-state index is 13.3. The lowest BCUT2D eigenvalue weighted by molar-refractivity contribution is -0.115. The van der Waals surface area contributed by atoms with E-state index < -0.39 is 11.9 Å². The highest BCUT2D eigenvalue weighted by atomic mass is 79.9. The molecule has 0 saturated carbocycles. The maximum Gasteiger partial charge on any atom is 0.326 e. The monoisotopic (exact) mass is 420 g/mol. The van der Waals surface area contributed by atoms with E-state index in [0.717, 1.165) is 0 Å². The number of nitrogens with one attached hydrogen (secondary N) is 2. The molecule has 134 valence electrons. The molecule has 0 aromatic heterocycles. The fraction of sp³-hybridized carbons (Fsp3) is 0.111. The van der Waals surface area contributed by atoms with Gasteiger partial charge in [-0.2, -0.15) is 0 Å². The number of carbonyl (C=O) groups is 2. The van der Waals surface area contributed by atoms with Gasteiger partial charge in [-0.1, -0.05) is 12.1 Å². The summed E-state index contributed by atoms with van der Waals surface area (Å²) in [6.07, 6.45) is 1.52. The Morgan fingerprint density at radius 1 is 1.19 bits per heavy atom. The molecule has 0 spiro atoms. The summed E-state index contributed by atoms with van der Waals surface area (Å²) < 4.78 is 25.0. The van der Waals surface area contributed by atoms with Crippen molar-refractivity contribution in [1.29, 1.82) is 0 Å². The van der Waals surface area contributed by atoms with Crippen LogP contribution in [0.5, 0.6) is 11.5 Å². The van der Waals surface area contributed by atoms with Crippen molar-refractivity contribution in [2.24, 2.45) is 0 Å². The van der Waals surface area contributed by atoms with E-state index in [1.165, 1.54) is 25.3 Å². The molecule has 0 bridgehead atoms. The van der Waals surface area contributed by atoms with Gasteiger partial charge in [-0.15, -0.1) is 0 Å². The Balaban J connectivity index is 1.84. The molecule has 1 aliphatic rings. The number of imide groups is 1. The number of rotatable bonds is 5. The first-order valence-electron chi connectivity index (χ1n) is 7.55. The lowest BCUT2D eigenvalue weighted by atomic mass is 10.1. The second kappa shape index (κ2) is 7.57. The molecule has 1 aliphatic heterocycles. The highest BCUT2D eigenvalue weighted by molar-refractivity contribution is 9.10. The molecule has 2 aromatic carbocycles. The predicted molar refractivity (Wildman–Crippen MR) is 96.1 cm³/mol. The van der Waals surface area contributed by atoms with Crippen molar-refractivity contribution in [3.05, 3.63) is 63.5 Å². The van der Waals surface area contributed by atoms with Crippen LogP contribution in [0.4, 0.5) is 9.18 Å². The van der Waals surface area contributed by atoms with Crippen LogP contribution in [0.1, 0.15) is 11.1 Å². The molecule has 2 aromatic rings. The number of carbonyl (C=O) groups excluding carboxylic acids is 2. The van der Waals surface area contributed by atoms with Gasteiger partial charge in [0.25, 0.3) is 5.91 Å². The number of ether oxygens (including phenoxy) is 2. The molecule has 26 heavy (non-hydrogen) atoms. The lowest BCUT2D eigenvalue weighted by Gasteiger charge is -2.14. The van der Waals surface area contributed by atoms with Crippen LogP contribution in [0, 0.1) is 5.82 Å². The molecule has 8 heteroatoms. The molecule has 0 unspecified atom stereocenters. The number of urea groups is 1. The highest BCUT2D eigenvalue weighted by Crippen LogP contribution is 2.37. The van der Waals surface area contributed by atoms with E-state index in [1.807, 2.05) is 0 Å². The van der Waals surface area contributed by atoms with Crippen LogP contribution in [0.15, 0.2) is 46.6 Å². The third kappa shape index (κ3) is 4.02. The highest BCUT2D eigenvalue weighted by Gasteiger charge is 2.23. The van der Waals surface area contributed by atoms with Gasteiger partial charge in [0.05, 0.1) is 11.6 Å². The molecule has 0 radical (unpaired) electrons. The standard InChI is InChI=1S/C18H14BrFN2O4/c1-25-15-8-11(7-14-17(23)22-18(24)21-14)6-13(19)16(15)26-9-10-3-2-4-12(20)5-10/h2-8H,9H2,1H3,(H2,21,22,23,24)/b14-7+. The van der Waals surface area contributed by atoms with Crippen LogP contribution in [-0.4, -0.2) is 19.0 Å². The van der Waals surface area contributed by atoms with Gasteiger partial charge >= 0.3 is 6.03 Å². The van der Waals surface area contributed by atoms with Gasteiger partial charge in [0.1, 0.15) is 18.1 Å². The van der Waals surface area contributed by atoms with Crippen molar-refractivity contribution in [1.82, 2.24) is 10.6 Å². The number of halogens is 2. The molecule has 2 N–H and O–H groups in total. The van der Waals surface area contributed by atoms with E-state index in [4.69, 9.17) is 9.47 Å². The van der Waals surface area contributed by atoms with Gasteiger partial charge < -0.3 is 14.8 Å². The number of benzene rings is 2. The quantitative estimate of drug-likeness (QED) is 0.574. The van der Waals surface area contributed by atoms with Crippen molar-refractivity contribution in [2.75, 3.05) is 7.11 Å². The maximum atomic E-state index is 13.3.